The maximum Gasteiger partial charge on any atom is 0.510 e. The van der Waals surface area contributed by atoms with E-state index in [-0.39, 0.29) is 6.10 Å². The average Bonchev–Trinajstić information content (AvgIpc) is 2.19. The van der Waals surface area contributed by atoms with Gasteiger partial charge in [-0.1, -0.05) is 6.42 Å². The van der Waals surface area contributed by atoms with Gasteiger partial charge in [-0.25, -0.2) is 4.79 Å². The molecule has 1 aliphatic rings. The number of ether oxygens (including phenoxy) is 2. The van der Waals surface area contributed by atoms with Crippen LogP contribution in [-0.2, 0) is 9.47 Å². The molecule has 1 aliphatic carbocycles. The summed E-state index contributed by atoms with van der Waals surface area (Å²) >= 11 is 0. The number of rotatable bonds is 3. The van der Waals surface area contributed by atoms with E-state index in [1.807, 2.05) is 0 Å². The molecule has 15 heavy (non-hydrogen) atoms. The maximum atomic E-state index is 11.3. The number of hydrogen-bond donors (Lipinski definition) is 0. The van der Waals surface area contributed by atoms with Crippen LogP contribution in [0.5, 0.6) is 0 Å². The molecule has 1 rings (SSSR count). The van der Waals surface area contributed by atoms with Gasteiger partial charge in [0.15, 0.2) is 6.23 Å². The lowest BCUT2D eigenvalue weighted by Crippen LogP contribution is -2.23. The van der Waals surface area contributed by atoms with Gasteiger partial charge in [0.05, 0.1) is 0 Å². The van der Waals surface area contributed by atoms with Crippen molar-refractivity contribution in [1.29, 1.82) is 0 Å². The van der Waals surface area contributed by atoms with Crippen LogP contribution in [0.15, 0.2) is 4.99 Å². The summed E-state index contributed by atoms with van der Waals surface area (Å²) in [4.78, 5) is 15.2. The summed E-state index contributed by atoms with van der Waals surface area (Å²) in [6, 6.07) is 0. The van der Waals surface area contributed by atoms with Gasteiger partial charge < -0.3 is 9.47 Å². The molecule has 0 radical (unpaired) electrons. The zero-order chi connectivity index (χ0) is 11.1. The van der Waals surface area contributed by atoms with Crippen LogP contribution in [0.25, 0.3) is 0 Å². The topological polar surface area (TPSA) is 47.9 Å². The zero-order valence-corrected chi connectivity index (χ0v) is 9.44. The summed E-state index contributed by atoms with van der Waals surface area (Å²) in [7, 11) is 0. The van der Waals surface area contributed by atoms with E-state index >= 15 is 0 Å². The molecule has 0 bridgehead atoms. The number of nitrogens with zero attached hydrogens (tertiary/aromatic N) is 1. The minimum absolute atomic E-state index is 0.0454. The van der Waals surface area contributed by atoms with Gasteiger partial charge in [0.2, 0.25) is 0 Å². The van der Waals surface area contributed by atoms with E-state index in [0.29, 0.717) is 0 Å². The Morgan fingerprint density at radius 3 is 2.67 bits per heavy atom. The lowest BCUT2D eigenvalue weighted by molar-refractivity contribution is -0.00485. The zero-order valence-electron chi connectivity index (χ0n) is 9.44. The predicted molar refractivity (Wildman–Crippen MR) is 58.1 cm³/mol. The molecule has 1 fully saturated rings. The van der Waals surface area contributed by atoms with Crippen molar-refractivity contribution in [3.05, 3.63) is 0 Å². The van der Waals surface area contributed by atoms with Crippen molar-refractivity contribution in [1.82, 2.24) is 0 Å². The molecule has 0 aliphatic heterocycles. The maximum absolute atomic E-state index is 11.3. The van der Waals surface area contributed by atoms with Gasteiger partial charge in [0.1, 0.15) is 6.10 Å². The van der Waals surface area contributed by atoms with Crippen LogP contribution in [0.1, 0.15) is 46.0 Å². The molecule has 0 aromatic carbocycles. The third-order valence-electron chi connectivity index (χ3n) is 2.44. The Balaban J connectivity index is 2.22. The first-order valence-electron chi connectivity index (χ1n) is 5.57. The first-order valence-corrected chi connectivity index (χ1v) is 5.57. The third kappa shape index (κ3) is 4.81. The first-order chi connectivity index (χ1) is 7.22. The number of carbonyl (C=O) groups is 1. The fourth-order valence-electron chi connectivity index (χ4n) is 1.73. The van der Waals surface area contributed by atoms with Crippen molar-refractivity contribution in [2.75, 3.05) is 0 Å². The smallest absolute Gasteiger partial charge is 0.431 e. The Hall–Kier alpha value is -1.06. The van der Waals surface area contributed by atoms with E-state index < -0.39 is 12.4 Å². The lowest BCUT2D eigenvalue weighted by Gasteiger charge is -2.21. The molecule has 0 aromatic rings. The average molecular weight is 213 g/mol. The highest BCUT2D eigenvalue weighted by Crippen LogP contribution is 2.20. The number of carbonyl (C=O) groups excluding carboxylic acids is 1. The van der Waals surface area contributed by atoms with Gasteiger partial charge in [-0.05, 0) is 45.7 Å². The van der Waals surface area contributed by atoms with Crippen molar-refractivity contribution >= 4 is 12.4 Å². The third-order valence-corrected chi connectivity index (χ3v) is 2.44. The molecular weight excluding hydrogens is 194 g/mol. The Bertz CT molecular complexity index is 222. The Morgan fingerprint density at radius 2 is 2.07 bits per heavy atom. The first kappa shape index (κ1) is 12.0. The van der Waals surface area contributed by atoms with Gasteiger partial charge in [-0.2, -0.15) is 0 Å². The van der Waals surface area contributed by atoms with E-state index in [9.17, 15) is 4.79 Å². The molecule has 0 saturated heterocycles. The second-order valence-electron chi connectivity index (χ2n) is 3.75. The van der Waals surface area contributed by atoms with Gasteiger partial charge in [-0.15, -0.1) is 0 Å². The van der Waals surface area contributed by atoms with Crippen molar-refractivity contribution < 1.29 is 14.3 Å². The van der Waals surface area contributed by atoms with Crippen LogP contribution in [0.2, 0.25) is 0 Å². The Kier molecular flexibility index (Phi) is 5.15. The van der Waals surface area contributed by atoms with Crippen LogP contribution in [0.3, 0.4) is 0 Å². The molecule has 4 heteroatoms. The Morgan fingerprint density at radius 1 is 1.40 bits per heavy atom. The SMILES string of the molecule is CC=NC(C)OC(=O)OC1CCCCC1. The summed E-state index contributed by atoms with van der Waals surface area (Å²) in [5.41, 5.74) is 0. The second kappa shape index (κ2) is 6.43. The highest BCUT2D eigenvalue weighted by molar-refractivity contribution is 5.61. The molecule has 0 N–H and O–H groups in total. The van der Waals surface area contributed by atoms with Crippen molar-refractivity contribution in [2.24, 2.45) is 4.99 Å². The second-order valence-corrected chi connectivity index (χ2v) is 3.75. The highest BCUT2D eigenvalue weighted by atomic mass is 16.7. The van der Waals surface area contributed by atoms with Crippen LogP contribution < -0.4 is 0 Å². The number of aliphatic imine (C=N–C) groups is 1. The molecular formula is C11H19NO3. The monoisotopic (exact) mass is 213 g/mol. The molecule has 4 nitrogen and oxygen atoms in total. The minimum Gasteiger partial charge on any atom is -0.431 e. The highest BCUT2D eigenvalue weighted by Gasteiger charge is 2.19. The van der Waals surface area contributed by atoms with E-state index in [1.54, 1.807) is 20.1 Å². The summed E-state index contributed by atoms with van der Waals surface area (Å²) in [5, 5.41) is 0. The van der Waals surface area contributed by atoms with Crippen LogP contribution in [0.4, 0.5) is 4.79 Å². The van der Waals surface area contributed by atoms with E-state index in [0.717, 1.165) is 25.7 Å². The molecule has 0 spiro atoms. The molecule has 0 heterocycles. The molecule has 1 unspecified atom stereocenters. The van der Waals surface area contributed by atoms with Crippen molar-refractivity contribution in [3.8, 4) is 0 Å². The van der Waals surface area contributed by atoms with Crippen molar-refractivity contribution in [3.63, 3.8) is 0 Å². The minimum atomic E-state index is -0.597. The van der Waals surface area contributed by atoms with E-state index in [1.165, 1.54) is 6.42 Å². The molecule has 0 amide bonds. The predicted octanol–water partition coefficient (Wildman–Crippen LogP) is 2.91. The summed E-state index contributed by atoms with van der Waals surface area (Å²) in [6.07, 6.45) is 6.04. The number of hydrogen-bond acceptors (Lipinski definition) is 4. The molecule has 0 aromatic heterocycles. The quantitative estimate of drug-likeness (QED) is 0.535. The van der Waals surface area contributed by atoms with Crippen molar-refractivity contribution in [2.45, 2.75) is 58.3 Å². The van der Waals surface area contributed by atoms with Gasteiger partial charge in [0, 0.05) is 0 Å². The molecule has 1 saturated carbocycles. The normalized spacial score (nSPS) is 20.1. The van der Waals surface area contributed by atoms with Gasteiger partial charge in [-0.3, -0.25) is 4.99 Å². The molecule has 86 valence electrons. The van der Waals surface area contributed by atoms with E-state index in [4.69, 9.17) is 9.47 Å². The summed E-state index contributed by atoms with van der Waals surface area (Å²) in [5.74, 6) is 0. The van der Waals surface area contributed by atoms with Gasteiger partial charge >= 0.3 is 6.16 Å². The standard InChI is InChI=1S/C11H19NO3/c1-3-12-9(2)14-11(13)15-10-7-5-4-6-8-10/h3,9-10H,4-8H2,1-2H3. The van der Waals surface area contributed by atoms with Crippen LogP contribution >= 0.6 is 0 Å². The fraction of sp³-hybridized carbons (Fsp3) is 0.818. The van der Waals surface area contributed by atoms with E-state index in [2.05, 4.69) is 4.99 Å². The Labute approximate surface area is 90.7 Å². The van der Waals surface area contributed by atoms with Crippen LogP contribution in [0, 0.1) is 0 Å². The summed E-state index contributed by atoms with van der Waals surface area (Å²) < 4.78 is 10.1. The fourth-order valence-corrected chi connectivity index (χ4v) is 1.73. The summed E-state index contributed by atoms with van der Waals surface area (Å²) in [6.45, 7) is 3.49. The largest absolute Gasteiger partial charge is 0.510 e. The lowest BCUT2D eigenvalue weighted by atomic mass is 9.98. The van der Waals surface area contributed by atoms with Gasteiger partial charge in [0.25, 0.3) is 0 Å². The van der Waals surface area contributed by atoms with Crippen LogP contribution in [-0.4, -0.2) is 24.7 Å². The molecule has 1 atom stereocenters.